The molecule has 0 aliphatic carbocycles. The van der Waals surface area contributed by atoms with Crippen LogP contribution in [0.1, 0.15) is 49.5 Å². The predicted octanol–water partition coefficient (Wildman–Crippen LogP) is 5.47. The number of halogens is 2. The molecule has 0 bridgehead atoms. The normalized spacial score (nSPS) is 15.0. The van der Waals surface area contributed by atoms with Gasteiger partial charge in [0, 0.05) is 28.3 Å². The number of nitrogens with one attached hydrogen (secondary N) is 1. The average molecular weight is 811 g/mol. The van der Waals surface area contributed by atoms with Crippen LogP contribution < -0.4 is 19.5 Å². The molecule has 4 heterocycles. The molecule has 4 aromatic rings. The largest absolute Gasteiger partial charge is 0.619 e. The molecule has 0 saturated carbocycles. The molecule has 3 aromatic heterocycles. The number of ether oxygens (including phenoxy) is 4. The summed E-state index contributed by atoms with van der Waals surface area (Å²) in [7, 11) is 5.10. The molecule has 1 fully saturated rings. The molecule has 1 aliphatic rings. The number of piperidine rings is 1. The number of benzene rings is 1. The maximum absolute atomic E-state index is 13.6. The lowest BCUT2D eigenvalue weighted by Crippen LogP contribution is -2.52. The van der Waals surface area contributed by atoms with Crippen molar-refractivity contribution < 1.29 is 48.3 Å². The van der Waals surface area contributed by atoms with Gasteiger partial charge in [-0.25, -0.2) is 9.59 Å². The lowest BCUT2D eigenvalue weighted by molar-refractivity contribution is -0.605. The molecule has 1 saturated heterocycles. The Kier molecular flexibility index (Phi) is 15.7. The molecular formula is C36H41Cl2N3O10S2. The van der Waals surface area contributed by atoms with Gasteiger partial charge in [0.05, 0.1) is 27.4 Å². The quantitative estimate of drug-likeness (QED) is 0.0600. The minimum absolute atomic E-state index is 0.0685. The molecule has 3 N–H and O–H groups in total. The first-order valence-corrected chi connectivity index (χ1v) is 18.8. The highest BCUT2D eigenvalue weighted by Gasteiger charge is 2.43. The summed E-state index contributed by atoms with van der Waals surface area (Å²) in [5, 5.41) is 34.7. The number of likely N-dealkylation sites (tertiary alicyclic amines) is 1. The first-order valence-electron chi connectivity index (χ1n) is 16.4. The van der Waals surface area contributed by atoms with Crippen molar-refractivity contribution in [1.82, 2.24) is 10.2 Å². The number of carbonyl (C=O) groups excluding carboxylic acids is 2. The van der Waals surface area contributed by atoms with Crippen LogP contribution in [0.5, 0.6) is 11.5 Å². The standard InChI is InChI=1S/C35H39Cl2N3O8S2.CH2O2/c1-39-12-10-22(11-13-39)20-47-34(43)35(21-41,32-5-4-14-49-32)38-17-24-7-9-31(50-24)33(42)48-29(16-25-26(36)18-40(44)19-27(25)37)23-6-8-28(45-2)30(15-23)46-3;2-1-3/h4-9,14-15,18-19,22,29,38,41H,10-13,16-17,20-21H2,1-3H3;1H,(H,2,3). The van der Waals surface area contributed by atoms with E-state index in [1.165, 1.54) is 49.3 Å². The number of hydrogen-bond acceptors (Lipinski definition) is 13. The van der Waals surface area contributed by atoms with Crippen LogP contribution in [0.4, 0.5) is 0 Å². The Morgan fingerprint density at radius 3 is 2.40 bits per heavy atom. The lowest BCUT2D eigenvalue weighted by atomic mass is 9.96. The number of hydrogen-bond donors (Lipinski definition) is 3. The number of carboxylic acid groups (broad SMARTS) is 1. The number of carbonyl (C=O) groups is 3. The number of pyridine rings is 1. The van der Waals surface area contributed by atoms with Gasteiger partial charge in [-0.2, -0.15) is 4.73 Å². The number of thiophene rings is 2. The van der Waals surface area contributed by atoms with Crippen LogP contribution in [0, 0.1) is 11.1 Å². The molecule has 1 aliphatic heterocycles. The minimum atomic E-state index is -1.47. The van der Waals surface area contributed by atoms with Gasteiger partial charge in [0.2, 0.25) is 0 Å². The number of esters is 2. The highest BCUT2D eigenvalue weighted by atomic mass is 35.5. The van der Waals surface area contributed by atoms with E-state index in [1.807, 2.05) is 11.4 Å². The number of aromatic nitrogens is 1. The summed E-state index contributed by atoms with van der Waals surface area (Å²) in [5.74, 6) is 0.0391. The highest BCUT2D eigenvalue weighted by molar-refractivity contribution is 7.14. The van der Waals surface area contributed by atoms with Crippen LogP contribution in [0.15, 0.2) is 60.2 Å². The van der Waals surface area contributed by atoms with E-state index in [0.717, 1.165) is 30.8 Å². The van der Waals surface area contributed by atoms with E-state index in [2.05, 4.69) is 17.3 Å². The van der Waals surface area contributed by atoms with Gasteiger partial charge in [0.15, 0.2) is 29.4 Å². The summed E-state index contributed by atoms with van der Waals surface area (Å²) in [5.41, 5.74) is -0.456. The fraction of sp³-hybridized carbons (Fsp3) is 0.389. The highest BCUT2D eigenvalue weighted by Crippen LogP contribution is 2.36. The van der Waals surface area contributed by atoms with E-state index in [-0.39, 0.29) is 42.0 Å². The first-order chi connectivity index (χ1) is 25.5. The zero-order valence-electron chi connectivity index (χ0n) is 29.3. The summed E-state index contributed by atoms with van der Waals surface area (Å²) in [6.07, 6.45) is 3.44. The Morgan fingerprint density at radius 1 is 1.11 bits per heavy atom. The van der Waals surface area contributed by atoms with E-state index in [1.54, 1.807) is 36.4 Å². The van der Waals surface area contributed by atoms with E-state index >= 15 is 0 Å². The van der Waals surface area contributed by atoms with Crippen LogP contribution in [0.25, 0.3) is 0 Å². The second-order valence-electron chi connectivity index (χ2n) is 12.1. The van der Waals surface area contributed by atoms with Gasteiger partial charge >= 0.3 is 11.9 Å². The molecule has 0 spiro atoms. The Hall–Kier alpha value is -3.96. The van der Waals surface area contributed by atoms with Gasteiger partial charge in [-0.15, -0.1) is 22.7 Å². The van der Waals surface area contributed by atoms with Gasteiger partial charge in [0.25, 0.3) is 6.47 Å². The smallest absolute Gasteiger partial charge is 0.348 e. The molecule has 0 amide bonds. The molecule has 17 heteroatoms. The summed E-state index contributed by atoms with van der Waals surface area (Å²) in [4.78, 5) is 39.5. The summed E-state index contributed by atoms with van der Waals surface area (Å²) < 4.78 is 23.2. The lowest BCUT2D eigenvalue weighted by Gasteiger charge is -2.32. The monoisotopic (exact) mass is 809 g/mol. The maximum Gasteiger partial charge on any atom is 0.348 e. The summed E-state index contributed by atoms with van der Waals surface area (Å²) in [6, 6.07) is 12.2. The topological polar surface area (TPSA) is 171 Å². The molecular weight excluding hydrogens is 769 g/mol. The maximum atomic E-state index is 13.6. The first kappa shape index (κ1) is 41.8. The van der Waals surface area contributed by atoms with E-state index in [9.17, 15) is 19.9 Å². The third-order valence-electron chi connectivity index (χ3n) is 8.72. The summed E-state index contributed by atoms with van der Waals surface area (Å²) >= 11 is 15.3. The van der Waals surface area contributed by atoms with Crippen LogP contribution in [0.3, 0.4) is 0 Å². The van der Waals surface area contributed by atoms with Crippen molar-refractivity contribution in [2.45, 2.75) is 37.5 Å². The zero-order chi connectivity index (χ0) is 38.5. The van der Waals surface area contributed by atoms with E-state index in [0.29, 0.717) is 37.1 Å². The van der Waals surface area contributed by atoms with Crippen LogP contribution in [-0.4, -0.2) is 81.1 Å². The van der Waals surface area contributed by atoms with Crippen molar-refractivity contribution in [1.29, 1.82) is 0 Å². The van der Waals surface area contributed by atoms with Crippen LogP contribution >= 0.6 is 45.9 Å². The van der Waals surface area contributed by atoms with Gasteiger partial charge in [-0.1, -0.05) is 35.3 Å². The Morgan fingerprint density at radius 2 is 1.79 bits per heavy atom. The molecule has 1 aromatic carbocycles. The number of aliphatic hydroxyl groups excluding tert-OH is 1. The zero-order valence-corrected chi connectivity index (χ0v) is 32.4. The average Bonchev–Trinajstić information content (AvgIpc) is 3.87. The van der Waals surface area contributed by atoms with Crippen LogP contribution in [0.2, 0.25) is 10.0 Å². The molecule has 2 unspecified atom stereocenters. The van der Waals surface area contributed by atoms with Gasteiger partial charge in [-0.3, -0.25) is 10.1 Å². The van der Waals surface area contributed by atoms with Gasteiger partial charge in [0.1, 0.15) is 21.0 Å². The molecule has 0 radical (unpaired) electrons. The van der Waals surface area contributed by atoms with Crippen molar-refractivity contribution in [3.63, 3.8) is 0 Å². The minimum Gasteiger partial charge on any atom is -0.619 e. The molecule has 5 rings (SSSR count). The summed E-state index contributed by atoms with van der Waals surface area (Å²) in [6.45, 7) is 1.59. The fourth-order valence-electron chi connectivity index (χ4n) is 5.72. The number of methoxy groups -OCH3 is 2. The Balaban J connectivity index is 0.00000202. The van der Waals surface area contributed by atoms with E-state index in [4.69, 9.17) is 52.1 Å². The van der Waals surface area contributed by atoms with Gasteiger partial charge < -0.3 is 39.3 Å². The van der Waals surface area contributed by atoms with Gasteiger partial charge in [-0.05, 0) is 80.2 Å². The number of nitrogens with zero attached hydrogens (tertiary/aromatic N) is 2. The Bertz CT molecular complexity index is 1800. The fourth-order valence-corrected chi connectivity index (χ4v) is 8.04. The SMILES string of the molecule is COc1ccc(C(Cc2c(Cl)c[n+]([O-])cc2Cl)OC(=O)c2ccc(CNC(CO)(C(=O)OCC3CCN(C)CC3)c3cccs3)s2)cc1OC.O=CO. The molecule has 2 atom stereocenters. The second-order valence-corrected chi connectivity index (χ2v) is 15.0. The second kappa shape index (κ2) is 19.9. The van der Waals surface area contributed by atoms with Crippen molar-refractivity contribution in [2.24, 2.45) is 5.92 Å². The third-order valence-corrected chi connectivity index (χ3v) is 11.5. The van der Waals surface area contributed by atoms with Crippen molar-refractivity contribution in [3.05, 3.63) is 101 Å². The Labute approximate surface area is 325 Å². The van der Waals surface area contributed by atoms with Crippen molar-refractivity contribution in [2.75, 3.05) is 47.6 Å². The molecule has 13 nitrogen and oxygen atoms in total. The predicted molar refractivity (Wildman–Crippen MR) is 201 cm³/mol. The van der Waals surface area contributed by atoms with E-state index < -0.39 is 30.2 Å². The number of aliphatic hydroxyl groups is 1. The van der Waals surface area contributed by atoms with Crippen LogP contribution in [-0.2, 0) is 37.6 Å². The van der Waals surface area contributed by atoms with Crippen molar-refractivity contribution >= 4 is 64.3 Å². The molecule has 286 valence electrons. The van der Waals surface area contributed by atoms with Crippen molar-refractivity contribution in [3.8, 4) is 11.5 Å². The third kappa shape index (κ3) is 10.8. The molecule has 53 heavy (non-hydrogen) atoms. The number of rotatable bonds is 15.